The number of hydrogen-bond donors (Lipinski definition) is 2. The highest BCUT2D eigenvalue weighted by atomic mass is 32.2. The Morgan fingerprint density at radius 3 is 2.33 bits per heavy atom. The summed E-state index contributed by atoms with van der Waals surface area (Å²) in [5.74, 6) is 0.464. The lowest BCUT2D eigenvalue weighted by Crippen LogP contribution is -2.30. The summed E-state index contributed by atoms with van der Waals surface area (Å²) >= 11 is 0. The van der Waals surface area contributed by atoms with E-state index in [4.69, 9.17) is 13.8 Å². The Hall–Kier alpha value is -5.50. The van der Waals surface area contributed by atoms with E-state index in [0.29, 0.717) is 28.3 Å². The number of hydrogen-bond acceptors (Lipinski definition) is 11. The molecule has 1 aliphatic heterocycles. The zero-order valence-corrected chi connectivity index (χ0v) is 28.6. The van der Waals surface area contributed by atoms with Crippen LogP contribution in [0.1, 0.15) is 28.2 Å². The van der Waals surface area contributed by atoms with E-state index >= 15 is 0 Å². The number of ether oxygens (including phenoxy) is 1. The normalized spacial score (nSPS) is 13.3. The van der Waals surface area contributed by atoms with Crippen molar-refractivity contribution in [1.29, 1.82) is 0 Å². The molecule has 0 saturated heterocycles. The molecule has 0 atom stereocenters. The van der Waals surface area contributed by atoms with Crippen molar-refractivity contribution in [3.63, 3.8) is 0 Å². The van der Waals surface area contributed by atoms with Crippen LogP contribution >= 0.6 is 0 Å². The Bertz CT molecular complexity index is 2460. The third kappa shape index (κ3) is 8.01. The zero-order chi connectivity index (χ0) is 37.3. The quantitative estimate of drug-likeness (QED) is 0.201. The topological polar surface area (TPSA) is 191 Å². The van der Waals surface area contributed by atoms with Crippen LogP contribution in [0.3, 0.4) is 0 Å². The average Bonchev–Trinajstić information content (AvgIpc) is 3.49. The van der Waals surface area contributed by atoms with Crippen LogP contribution in [0.4, 0.5) is 18.9 Å². The summed E-state index contributed by atoms with van der Waals surface area (Å²) in [7, 11) is -9.53. The van der Waals surface area contributed by atoms with Crippen molar-refractivity contribution in [2.24, 2.45) is 0 Å². The number of anilines is 1. The Morgan fingerprint density at radius 1 is 0.865 bits per heavy atom. The first kappa shape index (κ1) is 36.3. The molecule has 1 aliphatic rings. The highest BCUT2D eigenvalue weighted by molar-refractivity contribution is 7.89. The van der Waals surface area contributed by atoms with Crippen LogP contribution in [-0.2, 0) is 46.0 Å². The summed E-state index contributed by atoms with van der Waals surface area (Å²) in [6.45, 7) is 3.46. The first-order chi connectivity index (χ1) is 24.6. The molecule has 2 aromatic carbocycles. The molecule has 4 aromatic heterocycles. The van der Waals surface area contributed by atoms with E-state index in [1.54, 1.807) is 25.3 Å². The fourth-order valence-corrected chi connectivity index (χ4v) is 7.52. The van der Waals surface area contributed by atoms with Gasteiger partial charge in [0.05, 0.1) is 29.5 Å². The van der Waals surface area contributed by atoms with E-state index in [-0.39, 0.29) is 12.0 Å². The number of aromatic nitrogens is 6. The number of aryl methyl sites for hydroxylation is 1. The summed E-state index contributed by atoms with van der Waals surface area (Å²) in [6.07, 6.45) is 2.88. The summed E-state index contributed by atoms with van der Waals surface area (Å²) in [6, 6.07) is 16.4. The Morgan fingerprint density at radius 2 is 1.65 bits per heavy atom. The van der Waals surface area contributed by atoms with Gasteiger partial charge in [0, 0.05) is 36.9 Å². The van der Waals surface area contributed by atoms with Crippen LogP contribution in [0.5, 0.6) is 5.88 Å². The lowest BCUT2D eigenvalue weighted by Gasteiger charge is -2.30. The minimum Gasteiger partial charge on any atom is -0.471 e. The van der Waals surface area contributed by atoms with Crippen LogP contribution in [0.15, 0.2) is 101 Å². The van der Waals surface area contributed by atoms with Crippen molar-refractivity contribution in [2.75, 3.05) is 11.4 Å². The van der Waals surface area contributed by atoms with Gasteiger partial charge in [-0.05, 0) is 60.2 Å². The predicted molar refractivity (Wildman–Crippen MR) is 180 cm³/mol. The minimum absolute atomic E-state index is 0.0233. The molecule has 19 heteroatoms. The van der Waals surface area contributed by atoms with Crippen molar-refractivity contribution in [2.45, 2.75) is 42.5 Å². The molecule has 52 heavy (non-hydrogen) atoms. The van der Waals surface area contributed by atoms with Crippen molar-refractivity contribution in [1.82, 2.24) is 29.9 Å². The van der Waals surface area contributed by atoms with E-state index in [2.05, 4.69) is 30.2 Å². The summed E-state index contributed by atoms with van der Waals surface area (Å²) in [5, 5.41) is 8.52. The highest BCUT2D eigenvalue weighted by Crippen LogP contribution is 2.31. The number of pyridine rings is 3. The molecule has 270 valence electrons. The largest absolute Gasteiger partial charge is 0.471 e. The molecule has 0 aliphatic carbocycles. The molecular weight excluding hydrogens is 728 g/mol. The predicted octanol–water partition coefficient (Wildman–Crippen LogP) is 5.25. The minimum atomic E-state index is -4.78. The van der Waals surface area contributed by atoms with Crippen LogP contribution in [0.25, 0.3) is 16.5 Å². The summed E-state index contributed by atoms with van der Waals surface area (Å²) < 4.78 is 109. The lowest BCUT2D eigenvalue weighted by atomic mass is 10.0. The second-order valence-electron chi connectivity index (χ2n) is 11.5. The van der Waals surface area contributed by atoms with Gasteiger partial charge in [0.2, 0.25) is 5.88 Å². The van der Waals surface area contributed by atoms with Crippen LogP contribution in [0, 0.1) is 6.92 Å². The smallest absolute Gasteiger partial charge is 0.433 e. The second kappa shape index (κ2) is 14.3. The molecule has 0 bridgehead atoms. The SMILES string of the molecule is Cc1nnn(-c2ccc(C(F)(F)F)nc2)c1COc1cc2c(cn1)CN(c1cccnc1)CC2.O=S(=O)(O)c1ccc2ccccc2c1S(=O)(=O)O. The van der Waals surface area contributed by atoms with Gasteiger partial charge in [0.25, 0.3) is 20.2 Å². The maximum Gasteiger partial charge on any atom is 0.433 e. The maximum absolute atomic E-state index is 12.8. The van der Waals surface area contributed by atoms with E-state index < -0.39 is 41.9 Å². The van der Waals surface area contributed by atoms with Gasteiger partial charge in [-0.3, -0.25) is 14.1 Å². The fraction of sp³-hybridized carbons (Fsp3) is 0.182. The average molecular weight is 756 g/mol. The highest BCUT2D eigenvalue weighted by Gasteiger charge is 2.32. The van der Waals surface area contributed by atoms with Crippen LogP contribution in [-0.4, -0.2) is 62.4 Å². The van der Waals surface area contributed by atoms with Crippen molar-refractivity contribution >= 4 is 36.7 Å². The van der Waals surface area contributed by atoms with Crippen molar-refractivity contribution in [3.05, 3.63) is 120 Å². The number of nitrogens with zero attached hydrogens (tertiary/aromatic N) is 7. The molecule has 0 radical (unpaired) electrons. The monoisotopic (exact) mass is 755 g/mol. The molecule has 2 N–H and O–H groups in total. The van der Waals surface area contributed by atoms with E-state index in [1.165, 1.54) is 34.5 Å². The molecule has 0 fully saturated rings. The number of fused-ring (bicyclic) bond motifs is 2. The zero-order valence-electron chi connectivity index (χ0n) is 27.0. The third-order valence-corrected chi connectivity index (χ3v) is 10.0. The van der Waals surface area contributed by atoms with E-state index in [0.717, 1.165) is 49.1 Å². The molecule has 0 spiro atoms. The number of benzene rings is 2. The van der Waals surface area contributed by atoms with E-state index in [1.807, 2.05) is 30.6 Å². The maximum atomic E-state index is 12.8. The molecule has 6 aromatic rings. The van der Waals surface area contributed by atoms with Gasteiger partial charge < -0.3 is 9.64 Å². The molecular formula is C33H28F3N7O7S2. The van der Waals surface area contributed by atoms with Gasteiger partial charge in [-0.2, -0.15) is 30.0 Å². The van der Waals surface area contributed by atoms with Gasteiger partial charge in [-0.1, -0.05) is 35.5 Å². The molecule has 7 rings (SSSR count). The van der Waals surface area contributed by atoms with E-state index in [9.17, 15) is 30.0 Å². The Labute approximate surface area is 295 Å². The van der Waals surface area contributed by atoms with Gasteiger partial charge in [0.1, 0.15) is 27.8 Å². The number of alkyl halides is 3. The standard InChI is InChI=1S/C23H20F3N7O.C10H8O6S2/c1-15-20(33(31-30-15)19-4-5-21(28-12-19)23(24,25)26)14-34-22-9-16-6-8-32(13-17(16)10-29-22)18-3-2-7-27-11-18;11-17(12,13)9-6-5-7-3-1-2-4-8(7)10(9)18(14,15)16/h2-5,7,9-12H,6,8,13-14H2,1H3;1-6H,(H,11,12,13)(H,14,15,16). The number of rotatable bonds is 7. The first-order valence-electron chi connectivity index (χ1n) is 15.3. The van der Waals surface area contributed by atoms with Gasteiger partial charge in [-0.15, -0.1) is 5.10 Å². The molecule has 0 amide bonds. The molecule has 0 unspecified atom stereocenters. The van der Waals surface area contributed by atoms with Gasteiger partial charge in [0.15, 0.2) is 0 Å². The van der Waals surface area contributed by atoms with Crippen molar-refractivity contribution < 1.29 is 43.8 Å². The first-order valence-corrected chi connectivity index (χ1v) is 18.1. The molecule has 14 nitrogen and oxygen atoms in total. The molecule has 5 heterocycles. The van der Waals surface area contributed by atoms with Gasteiger partial charge >= 0.3 is 6.18 Å². The van der Waals surface area contributed by atoms with Crippen LogP contribution in [0.2, 0.25) is 0 Å². The van der Waals surface area contributed by atoms with Crippen LogP contribution < -0.4 is 9.64 Å². The number of halogens is 3. The molecule has 0 saturated carbocycles. The summed E-state index contributed by atoms with van der Waals surface area (Å²) in [5.41, 5.74) is 3.96. The van der Waals surface area contributed by atoms with Crippen molar-refractivity contribution in [3.8, 4) is 11.6 Å². The third-order valence-electron chi connectivity index (χ3n) is 8.06. The Balaban J connectivity index is 0.000000217. The lowest BCUT2D eigenvalue weighted by molar-refractivity contribution is -0.141. The Kier molecular flexibility index (Phi) is 9.95. The fourth-order valence-electron chi connectivity index (χ4n) is 5.52. The van der Waals surface area contributed by atoms with Gasteiger partial charge in [-0.25, -0.2) is 14.6 Å². The summed E-state index contributed by atoms with van der Waals surface area (Å²) in [4.78, 5) is 12.7. The second-order valence-corrected chi connectivity index (χ2v) is 14.2.